The first-order chi connectivity index (χ1) is 22.1. The highest BCUT2D eigenvalue weighted by Gasteiger charge is 2.99. The van der Waals surface area contributed by atoms with E-state index in [1.807, 2.05) is 38.1 Å². The monoisotopic (exact) mass is 630 g/mol. The highest BCUT2D eigenvalue weighted by Crippen LogP contribution is 2.79. The standard InChI is InChI=1S/C36H39FN2O7/c1-4-21-44-31(41)23-29(40)22-30-19-20-39-35(43,26-15-17-27(37)18-16-26)33(25-11-7-5-8-12-25)34(46-33,36(39,45-30)24(2)3)32(42)38-28-13-9-6-10-14-28/h4-18,24,29-30,40,43H,1,19-23H2,2-3H3,(H,38,42)/t29-,30+,33+,34+,35+,36-/m0/s1. The summed E-state index contributed by atoms with van der Waals surface area (Å²) < 4.78 is 33.1. The molecule has 0 saturated carbocycles. The van der Waals surface area contributed by atoms with Gasteiger partial charge in [0.2, 0.25) is 5.60 Å². The van der Waals surface area contributed by atoms with E-state index < -0.39 is 58.5 Å². The van der Waals surface area contributed by atoms with Crippen LogP contribution in [0.15, 0.2) is 97.6 Å². The number of para-hydroxylation sites is 1. The van der Waals surface area contributed by atoms with E-state index in [-0.39, 0.29) is 26.0 Å². The van der Waals surface area contributed by atoms with Gasteiger partial charge >= 0.3 is 5.97 Å². The Hall–Kier alpha value is -3.93. The van der Waals surface area contributed by atoms with Gasteiger partial charge in [0.15, 0.2) is 17.1 Å². The number of nitrogens with one attached hydrogen (secondary N) is 1. The zero-order valence-corrected chi connectivity index (χ0v) is 25.9. The van der Waals surface area contributed by atoms with E-state index in [1.165, 1.54) is 30.3 Å². The summed E-state index contributed by atoms with van der Waals surface area (Å²) in [5, 5.41) is 27.1. The third kappa shape index (κ3) is 4.62. The van der Waals surface area contributed by atoms with Crippen molar-refractivity contribution in [1.82, 2.24) is 4.90 Å². The van der Waals surface area contributed by atoms with Crippen LogP contribution in [-0.4, -0.2) is 63.7 Å². The van der Waals surface area contributed by atoms with Crippen molar-refractivity contribution in [2.75, 3.05) is 18.5 Å². The molecule has 46 heavy (non-hydrogen) atoms. The van der Waals surface area contributed by atoms with Gasteiger partial charge in [-0.2, -0.15) is 0 Å². The minimum Gasteiger partial charge on any atom is -0.461 e. The highest BCUT2D eigenvalue weighted by atomic mass is 19.1. The first kappa shape index (κ1) is 32.0. The lowest BCUT2D eigenvalue weighted by atomic mass is 9.73. The summed E-state index contributed by atoms with van der Waals surface area (Å²) in [6.07, 6.45) is -0.0472. The fourth-order valence-corrected chi connectivity index (χ4v) is 7.62. The zero-order chi connectivity index (χ0) is 32.7. The number of anilines is 1. The van der Waals surface area contributed by atoms with Crippen molar-refractivity contribution in [2.45, 2.75) is 68.0 Å². The molecule has 0 aliphatic carbocycles. The SMILES string of the molecule is C=CCOC(=O)C[C@@H](O)C[C@H]1CCN2[C@@](C(C)C)(O1)[C@]1(C(=O)Nc3ccccc3)O[C@@]1(c1ccccc1)[C@]2(O)c1ccc(F)cc1. The summed E-state index contributed by atoms with van der Waals surface area (Å²) in [4.78, 5) is 28.8. The quantitative estimate of drug-likeness (QED) is 0.160. The molecule has 3 N–H and O–H groups in total. The van der Waals surface area contributed by atoms with Gasteiger partial charge in [-0.1, -0.05) is 87.2 Å². The number of carbonyl (C=O) groups excluding carboxylic acids is 2. The fraction of sp³-hybridized carbons (Fsp3) is 0.389. The van der Waals surface area contributed by atoms with Gasteiger partial charge in [-0.25, -0.2) is 9.29 Å². The normalized spacial score (nSPS) is 30.6. The van der Waals surface area contributed by atoms with E-state index in [0.29, 0.717) is 23.2 Å². The van der Waals surface area contributed by atoms with Gasteiger partial charge in [0.05, 0.1) is 18.6 Å². The van der Waals surface area contributed by atoms with E-state index in [9.17, 15) is 24.2 Å². The smallest absolute Gasteiger partial charge is 0.308 e. The number of esters is 1. The first-order valence-electron chi connectivity index (χ1n) is 15.6. The Kier molecular flexibility index (Phi) is 8.37. The molecule has 3 saturated heterocycles. The number of epoxide rings is 1. The van der Waals surface area contributed by atoms with Crippen LogP contribution in [0.1, 0.15) is 44.2 Å². The molecule has 3 aromatic carbocycles. The number of fused-ring (bicyclic) bond motifs is 3. The molecular formula is C36H39FN2O7. The van der Waals surface area contributed by atoms with Gasteiger partial charge in [-0.05, 0) is 42.2 Å². The Bertz CT molecular complexity index is 1590. The van der Waals surface area contributed by atoms with Crippen LogP contribution in [0.5, 0.6) is 0 Å². The van der Waals surface area contributed by atoms with Crippen molar-refractivity contribution in [1.29, 1.82) is 0 Å². The molecule has 3 aliphatic rings. The van der Waals surface area contributed by atoms with Crippen molar-refractivity contribution in [3.8, 4) is 0 Å². The van der Waals surface area contributed by atoms with Crippen molar-refractivity contribution in [3.05, 3.63) is 115 Å². The highest BCUT2D eigenvalue weighted by molar-refractivity contribution is 6.03. The molecule has 0 bridgehead atoms. The maximum atomic E-state index is 14.8. The predicted octanol–water partition coefficient (Wildman–Crippen LogP) is 4.60. The molecule has 9 nitrogen and oxygen atoms in total. The second-order valence-electron chi connectivity index (χ2n) is 12.4. The molecular weight excluding hydrogens is 591 g/mol. The zero-order valence-electron chi connectivity index (χ0n) is 25.9. The van der Waals surface area contributed by atoms with Crippen LogP contribution in [0.3, 0.4) is 0 Å². The second-order valence-corrected chi connectivity index (χ2v) is 12.4. The lowest BCUT2D eigenvalue weighted by Crippen LogP contribution is -2.70. The number of ether oxygens (including phenoxy) is 3. The number of halogens is 1. The fourth-order valence-electron chi connectivity index (χ4n) is 7.62. The molecule has 3 heterocycles. The molecule has 0 unspecified atom stereocenters. The Morgan fingerprint density at radius 2 is 1.72 bits per heavy atom. The lowest BCUT2D eigenvalue weighted by Gasteiger charge is -2.55. The molecule has 242 valence electrons. The van der Waals surface area contributed by atoms with Crippen LogP contribution >= 0.6 is 0 Å². The molecule has 6 atom stereocenters. The largest absolute Gasteiger partial charge is 0.461 e. The third-order valence-electron chi connectivity index (χ3n) is 9.43. The van der Waals surface area contributed by atoms with Gasteiger partial charge < -0.3 is 29.7 Å². The Morgan fingerprint density at radius 1 is 1.07 bits per heavy atom. The molecule has 1 amide bonds. The summed E-state index contributed by atoms with van der Waals surface area (Å²) >= 11 is 0. The molecule has 10 heteroatoms. The number of aliphatic hydroxyl groups excluding tert-OH is 1. The van der Waals surface area contributed by atoms with Crippen LogP contribution in [0.4, 0.5) is 10.1 Å². The molecule has 0 spiro atoms. The number of rotatable bonds is 11. The average Bonchev–Trinajstić information content (AvgIpc) is 3.74. The van der Waals surface area contributed by atoms with Crippen LogP contribution in [0.2, 0.25) is 0 Å². The molecule has 3 fully saturated rings. The number of hydrogen-bond acceptors (Lipinski definition) is 8. The maximum Gasteiger partial charge on any atom is 0.308 e. The van der Waals surface area contributed by atoms with Crippen molar-refractivity contribution >= 4 is 17.6 Å². The number of aliphatic hydroxyl groups is 2. The molecule has 0 aromatic heterocycles. The number of carbonyl (C=O) groups is 2. The minimum absolute atomic E-state index is 0.0385. The maximum absolute atomic E-state index is 14.8. The lowest BCUT2D eigenvalue weighted by molar-refractivity contribution is -0.327. The van der Waals surface area contributed by atoms with Gasteiger partial charge in [-0.15, -0.1) is 0 Å². The van der Waals surface area contributed by atoms with Crippen LogP contribution in [-0.2, 0) is 35.1 Å². The Balaban J connectivity index is 1.50. The summed E-state index contributed by atoms with van der Waals surface area (Å²) in [6.45, 7) is 7.60. The van der Waals surface area contributed by atoms with E-state index in [0.717, 1.165) is 0 Å². The van der Waals surface area contributed by atoms with Crippen molar-refractivity contribution < 1.29 is 38.4 Å². The number of morpholine rings is 1. The predicted molar refractivity (Wildman–Crippen MR) is 167 cm³/mol. The summed E-state index contributed by atoms with van der Waals surface area (Å²) in [5.41, 5.74) is -5.63. The topological polar surface area (TPSA) is 121 Å². The van der Waals surface area contributed by atoms with Crippen LogP contribution in [0.25, 0.3) is 0 Å². The van der Waals surface area contributed by atoms with E-state index >= 15 is 0 Å². The Morgan fingerprint density at radius 3 is 2.35 bits per heavy atom. The summed E-state index contributed by atoms with van der Waals surface area (Å²) in [7, 11) is 0. The number of nitrogens with zero attached hydrogens (tertiary/aromatic N) is 1. The van der Waals surface area contributed by atoms with E-state index in [4.69, 9.17) is 14.2 Å². The van der Waals surface area contributed by atoms with E-state index in [2.05, 4.69) is 11.9 Å². The summed E-state index contributed by atoms with van der Waals surface area (Å²) in [6, 6.07) is 23.5. The van der Waals surface area contributed by atoms with Crippen molar-refractivity contribution in [3.63, 3.8) is 0 Å². The third-order valence-corrected chi connectivity index (χ3v) is 9.43. The molecule has 3 aliphatic heterocycles. The van der Waals surface area contributed by atoms with E-state index in [1.54, 1.807) is 41.3 Å². The van der Waals surface area contributed by atoms with Crippen LogP contribution < -0.4 is 5.32 Å². The summed E-state index contributed by atoms with van der Waals surface area (Å²) in [5.74, 6) is -2.02. The van der Waals surface area contributed by atoms with Gasteiger partial charge in [-0.3, -0.25) is 9.59 Å². The van der Waals surface area contributed by atoms with Crippen molar-refractivity contribution in [2.24, 2.45) is 5.92 Å². The molecule has 3 aromatic rings. The second kappa shape index (κ2) is 12.0. The number of hydrogen-bond donors (Lipinski definition) is 3. The van der Waals surface area contributed by atoms with Gasteiger partial charge in [0.1, 0.15) is 12.4 Å². The number of benzene rings is 3. The van der Waals surface area contributed by atoms with Crippen LogP contribution in [0, 0.1) is 11.7 Å². The molecule has 0 radical (unpaired) electrons. The minimum atomic E-state index is -1.99. The molecule has 6 rings (SSSR count). The number of amides is 1. The first-order valence-corrected chi connectivity index (χ1v) is 15.6. The van der Waals surface area contributed by atoms with Gasteiger partial charge in [0, 0.05) is 24.2 Å². The Labute approximate surface area is 267 Å². The van der Waals surface area contributed by atoms with Gasteiger partial charge in [0.25, 0.3) is 5.91 Å². The average molecular weight is 631 g/mol.